The third-order valence-corrected chi connectivity index (χ3v) is 13.3. The highest BCUT2D eigenvalue weighted by atomic mass is 28.4. The maximum atomic E-state index is 13.6. The van der Waals surface area contributed by atoms with E-state index in [1.54, 1.807) is 0 Å². The molecule has 0 saturated carbocycles. The van der Waals surface area contributed by atoms with Gasteiger partial charge in [-0.15, -0.1) is 0 Å². The van der Waals surface area contributed by atoms with Gasteiger partial charge in [-0.1, -0.05) is 20.8 Å². The predicted molar refractivity (Wildman–Crippen MR) is 152 cm³/mol. The number of halogens is 3. The van der Waals surface area contributed by atoms with E-state index in [9.17, 15) is 18.0 Å². The van der Waals surface area contributed by atoms with E-state index in [4.69, 9.17) is 13.9 Å². The monoisotopic (exact) mass is 601 g/mol. The van der Waals surface area contributed by atoms with E-state index in [0.717, 1.165) is 38.3 Å². The highest BCUT2D eigenvalue weighted by Gasteiger charge is 2.47. The lowest BCUT2D eigenvalue weighted by Crippen LogP contribution is -2.60. The summed E-state index contributed by atoms with van der Waals surface area (Å²) in [6.07, 6.45) is 0.761. The van der Waals surface area contributed by atoms with Crippen molar-refractivity contribution in [2.75, 3.05) is 37.7 Å². The number of nitrogens with zero attached hydrogens (tertiary/aromatic N) is 4. The van der Waals surface area contributed by atoms with E-state index in [1.165, 1.54) is 0 Å². The standard InChI is InChI=1S/C28H46F3N5O4Si/c1-19(34-24-9-7-8-14-38-24)18-39-22-11-13-36(25(22)37)21-10-12-35(17-23(21)40-41(5,6)27(2,3)4)26-32-15-20(16-33-26)28(29,30)31/h15-16,19,21-24,34H,7-14,17-18H2,1-6H3/t19-,21+,22?,23?,24?/m0/s1. The van der Waals surface area contributed by atoms with Crippen molar-refractivity contribution in [2.24, 2.45) is 0 Å². The highest BCUT2D eigenvalue weighted by Crippen LogP contribution is 2.39. The molecule has 3 saturated heterocycles. The second kappa shape index (κ2) is 12.8. The number of carbonyl (C=O) groups is 1. The molecule has 0 bridgehead atoms. The molecule has 1 aromatic heterocycles. The van der Waals surface area contributed by atoms with Crippen molar-refractivity contribution in [2.45, 2.75) is 115 Å². The summed E-state index contributed by atoms with van der Waals surface area (Å²) in [5, 5.41) is 3.38. The third-order valence-electron chi connectivity index (χ3n) is 8.81. The maximum Gasteiger partial charge on any atom is 0.419 e. The smallest absolute Gasteiger partial charge is 0.410 e. The number of carbonyl (C=O) groups excluding carboxylic acids is 1. The SMILES string of the molecule is C[C@@H](COC1CCN([C@@H]2CCN(c3ncc(C(F)(F)F)cn3)CC2O[Si](C)(C)C(C)(C)C)C1=O)NC1CCCCO1. The first-order valence-electron chi connectivity index (χ1n) is 14.8. The van der Waals surface area contributed by atoms with Crippen LogP contribution >= 0.6 is 0 Å². The van der Waals surface area contributed by atoms with Gasteiger partial charge in [0.15, 0.2) is 8.32 Å². The van der Waals surface area contributed by atoms with E-state index in [-0.39, 0.29) is 41.3 Å². The summed E-state index contributed by atoms with van der Waals surface area (Å²) in [4.78, 5) is 25.4. The van der Waals surface area contributed by atoms with Gasteiger partial charge in [-0.2, -0.15) is 13.2 Å². The molecule has 3 unspecified atom stereocenters. The van der Waals surface area contributed by atoms with Gasteiger partial charge in [0.2, 0.25) is 5.95 Å². The van der Waals surface area contributed by atoms with Crippen molar-refractivity contribution in [3.8, 4) is 0 Å². The Morgan fingerprint density at radius 2 is 1.83 bits per heavy atom. The van der Waals surface area contributed by atoms with Crippen molar-refractivity contribution < 1.29 is 31.9 Å². The van der Waals surface area contributed by atoms with Gasteiger partial charge in [-0.3, -0.25) is 10.1 Å². The van der Waals surface area contributed by atoms with Crippen LogP contribution in [0.5, 0.6) is 0 Å². The number of rotatable bonds is 9. The summed E-state index contributed by atoms with van der Waals surface area (Å²) in [6, 6.07) is -0.108. The molecule has 1 amide bonds. The number of hydrogen-bond donors (Lipinski definition) is 1. The Morgan fingerprint density at radius 3 is 2.44 bits per heavy atom. The Kier molecular flexibility index (Phi) is 10.0. The van der Waals surface area contributed by atoms with Crippen LogP contribution in [0.25, 0.3) is 0 Å². The van der Waals surface area contributed by atoms with Crippen LogP contribution in [-0.4, -0.2) is 92.5 Å². The molecule has 13 heteroatoms. The van der Waals surface area contributed by atoms with Gasteiger partial charge in [0.25, 0.3) is 5.91 Å². The van der Waals surface area contributed by atoms with Crippen LogP contribution in [-0.2, 0) is 24.9 Å². The Bertz CT molecular complexity index is 1020. The maximum absolute atomic E-state index is 13.6. The molecule has 3 aliphatic rings. The second-order valence-corrected chi connectivity index (χ2v) is 17.8. The van der Waals surface area contributed by atoms with Crippen molar-refractivity contribution in [1.29, 1.82) is 0 Å². The van der Waals surface area contributed by atoms with E-state index in [2.05, 4.69) is 49.1 Å². The van der Waals surface area contributed by atoms with Crippen LogP contribution in [0.2, 0.25) is 18.1 Å². The molecule has 9 nitrogen and oxygen atoms in total. The lowest BCUT2D eigenvalue weighted by molar-refractivity contribution is -0.142. The molecule has 3 aliphatic heterocycles. The molecule has 0 aromatic carbocycles. The fraction of sp³-hybridized carbons (Fsp3) is 0.821. The summed E-state index contributed by atoms with van der Waals surface area (Å²) in [7, 11) is -2.25. The zero-order valence-electron chi connectivity index (χ0n) is 25.2. The van der Waals surface area contributed by atoms with Gasteiger partial charge in [0.1, 0.15) is 12.3 Å². The van der Waals surface area contributed by atoms with E-state index >= 15 is 0 Å². The van der Waals surface area contributed by atoms with Gasteiger partial charge in [0.05, 0.1) is 24.3 Å². The second-order valence-electron chi connectivity index (χ2n) is 13.1. The topological polar surface area (TPSA) is 89.0 Å². The minimum Gasteiger partial charge on any atom is -0.410 e. The van der Waals surface area contributed by atoms with Crippen LogP contribution in [0, 0.1) is 0 Å². The quantitative estimate of drug-likeness (QED) is 0.412. The van der Waals surface area contributed by atoms with Crippen LogP contribution in [0.3, 0.4) is 0 Å². The molecule has 4 heterocycles. The van der Waals surface area contributed by atoms with Crippen molar-refractivity contribution in [3.63, 3.8) is 0 Å². The zero-order valence-corrected chi connectivity index (χ0v) is 26.2. The molecule has 232 valence electrons. The molecule has 0 aliphatic carbocycles. The van der Waals surface area contributed by atoms with Gasteiger partial charge in [-0.25, -0.2) is 9.97 Å². The largest absolute Gasteiger partial charge is 0.419 e. The molecule has 0 radical (unpaired) electrons. The highest BCUT2D eigenvalue weighted by molar-refractivity contribution is 6.74. The van der Waals surface area contributed by atoms with Gasteiger partial charge < -0.3 is 23.7 Å². The number of hydrogen-bond acceptors (Lipinski definition) is 8. The van der Waals surface area contributed by atoms with Gasteiger partial charge in [0, 0.05) is 51.1 Å². The fourth-order valence-corrected chi connectivity index (χ4v) is 6.74. The first kappa shape index (κ1) is 32.1. The molecule has 5 atom stereocenters. The number of amides is 1. The average Bonchev–Trinajstić information content (AvgIpc) is 3.26. The first-order chi connectivity index (χ1) is 19.2. The fourth-order valence-electron chi connectivity index (χ4n) is 5.40. The Hall–Kier alpha value is -1.80. The van der Waals surface area contributed by atoms with Crippen molar-refractivity contribution in [3.05, 3.63) is 18.0 Å². The summed E-state index contributed by atoms with van der Waals surface area (Å²) < 4.78 is 57.9. The van der Waals surface area contributed by atoms with Crippen molar-refractivity contribution in [1.82, 2.24) is 20.2 Å². The van der Waals surface area contributed by atoms with Crippen LogP contribution < -0.4 is 10.2 Å². The summed E-state index contributed by atoms with van der Waals surface area (Å²) in [5.74, 6) is 0.205. The first-order valence-corrected chi connectivity index (χ1v) is 17.7. The van der Waals surface area contributed by atoms with Gasteiger partial charge in [-0.05, 0) is 50.7 Å². The average molecular weight is 602 g/mol. The predicted octanol–water partition coefficient (Wildman–Crippen LogP) is 4.59. The minimum atomic E-state index is -4.49. The minimum absolute atomic E-state index is 0.0285. The normalized spacial score (nSPS) is 27.4. The van der Waals surface area contributed by atoms with Crippen LogP contribution in [0.1, 0.15) is 65.4 Å². The number of ether oxygens (including phenoxy) is 2. The number of alkyl halides is 3. The summed E-state index contributed by atoms with van der Waals surface area (Å²) in [6.45, 7) is 15.5. The Balaban J connectivity index is 1.42. The lowest BCUT2D eigenvalue weighted by Gasteiger charge is -2.47. The molecule has 0 spiro atoms. The molecule has 1 aromatic rings. The Labute approximate surface area is 242 Å². The zero-order chi connectivity index (χ0) is 30.0. The molecule has 1 N–H and O–H groups in total. The van der Waals surface area contributed by atoms with E-state index in [0.29, 0.717) is 39.1 Å². The lowest BCUT2D eigenvalue weighted by atomic mass is 10.0. The van der Waals surface area contributed by atoms with Crippen LogP contribution in [0.15, 0.2) is 12.4 Å². The summed E-state index contributed by atoms with van der Waals surface area (Å²) >= 11 is 0. The number of nitrogens with one attached hydrogen (secondary N) is 1. The third kappa shape index (κ3) is 7.98. The number of aromatic nitrogens is 2. The molecule has 3 fully saturated rings. The molecular weight excluding hydrogens is 555 g/mol. The van der Waals surface area contributed by atoms with Crippen molar-refractivity contribution >= 4 is 20.2 Å². The molecule has 4 rings (SSSR count). The van der Waals surface area contributed by atoms with Crippen LogP contribution in [0.4, 0.5) is 19.1 Å². The summed E-state index contributed by atoms with van der Waals surface area (Å²) in [5.41, 5.74) is -0.880. The number of anilines is 1. The van der Waals surface area contributed by atoms with E-state index < -0.39 is 26.2 Å². The molecular formula is C28H46F3N5O4Si. The van der Waals surface area contributed by atoms with Gasteiger partial charge >= 0.3 is 6.18 Å². The number of piperidine rings is 1. The Morgan fingerprint density at radius 1 is 1.12 bits per heavy atom. The molecule has 41 heavy (non-hydrogen) atoms. The number of likely N-dealkylation sites (tertiary alicyclic amines) is 1. The van der Waals surface area contributed by atoms with E-state index in [1.807, 2.05) is 16.7 Å².